The van der Waals surface area contributed by atoms with Gasteiger partial charge in [0, 0.05) is 22.9 Å². The van der Waals surface area contributed by atoms with Gasteiger partial charge in [-0.1, -0.05) is 48.0 Å². The standard InChI is InChI=1S/C27H20N2O3/c1-18-6-5-9-20(16-18)27-29-23-17-21(10-13-25(23)32-27)28-26(30)15-12-22-11-14-24(31-22)19-7-3-2-4-8-19/h2-17H,1H3,(H,28,30)/b15-12+. The van der Waals surface area contributed by atoms with E-state index in [-0.39, 0.29) is 5.91 Å². The Kier molecular flexibility index (Phi) is 5.14. The fraction of sp³-hybridized carbons (Fsp3) is 0.0370. The van der Waals surface area contributed by atoms with Crippen molar-refractivity contribution in [1.82, 2.24) is 4.98 Å². The summed E-state index contributed by atoms with van der Waals surface area (Å²) >= 11 is 0. The van der Waals surface area contributed by atoms with Crippen molar-refractivity contribution in [2.45, 2.75) is 6.92 Å². The molecule has 2 heterocycles. The molecule has 0 unspecified atom stereocenters. The molecule has 0 spiro atoms. The molecule has 5 rings (SSSR count). The number of amides is 1. The first-order valence-electron chi connectivity index (χ1n) is 10.3. The number of hydrogen-bond donors (Lipinski definition) is 1. The predicted octanol–water partition coefficient (Wildman–Crippen LogP) is 6.72. The van der Waals surface area contributed by atoms with E-state index >= 15 is 0 Å². The topological polar surface area (TPSA) is 68.3 Å². The first-order chi connectivity index (χ1) is 15.6. The highest BCUT2D eigenvalue weighted by molar-refractivity contribution is 6.02. The van der Waals surface area contributed by atoms with E-state index in [9.17, 15) is 4.79 Å². The molecule has 5 nitrogen and oxygen atoms in total. The maximum atomic E-state index is 12.4. The predicted molar refractivity (Wildman–Crippen MR) is 126 cm³/mol. The van der Waals surface area contributed by atoms with Crippen LogP contribution in [-0.2, 0) is 4.79 Å². The van der Waals surface area contributed by atoms with Gasteiger partial charge in [0.25, 0.3) is 0 Å². The molecule has 3 aromatic carbocycles. The van der Waals surface area contributed by atoms with Crippen molar-refractivity contribution >= 4 is 28.8 Å². The van der Waals surface area contributed by atoms with Gasteiger partial charge in [-0.2, -0.15) is 0 Å². The molecule has 0 saturated carbocycles. The number of nitrogens with zero attached hydrogens (tertiary/aromatic N) is 1. The Morgan fingerprint density at radius 2 is 1.72 bits per heavy atom. The van der Waals surface area contributed by atoms with Crippen molar-refractivity contribution < 1.29 is 13.6 Å². The summed E-state index contributed by atoms with van der Waals surface area (Å²) in [4.78, 5) is 16.9. The number of oxazole rings is 1. The van der Waals surface area contributed by atoms with E-state index in [4.69, 9.17) is 8.83 Å². The minimum absolute atomic E-state index is 0.260. The number of furan rings is 1. The molecule has 156 valence electrons. The Hall–Kier alpha value is -4.38. The van der Waals surface area contributed by atoms with Gasteiger partial charge >= 0.3 is 0 Å². The van der Waals surface area contributed by atoms with Crippen molar-refractivity contribution in [3.8, 4) is 22.8 Å². The Morgan fingerprint density at radius 3 is 2.56 bits per heavy atom. The third-order valence-electron chi connectivity index (χ3n) is 5.00. The van der Waals surface area contributed by atoms with Gasteiger partial charge in [-0.15, -0.1) is 0 Å². The fourth-order valence-electron chi connectivity index (χ4n) is 3.45. The van der Waals surface area contributed by atoms with Crippen LogP contribution < -0.4 is 5.32 Å². The van der Waals surface area contributed by atoms with Crippen molar-refractivity contribution in [2.75, 3.05) is 5.32 Å². The lowest BCUT2D eigenvalue weighted by Crippen LogP contribution is -2.07. The van der Waals surface area contributed by atoms with Crippen molar-refractivity contribution in [3.63, 3.8) is 0 Å². The normalized spacial score (nSPS) is 11.3. The summed E-state index contributed by atoms with van der Waals surface area (Å²) in [5.41, 5.74) is 5.03. The molecule has 5 aromatic rings. The third kappa shape index (κ3) is 4.23. The minimum atomic E-state index is -0.260. The van der Waals surface area contributed by atoms with Gasteiger partial charge in [0.15, 0.2) is 5.58 Å². The van der Waals surface area contributed by atoms with E-state index in [0.717, 1.165) is 22.5 Å². The average molecular weight is 420 g/mol. The van der Waals surface area contributed by atoms with Crippen LogP contribution in [-0.4, -0.2) is 10.9 Å². The first kappa shape index (κ1) is 19.6. The number of rotatable bonds is 5. The van der Waals surface area contributed by atoms with Crippen molar-refractivity contribution in [3.05, 3.63) is 102 Å². The molecule has 0 atom stereocenters. The highest BCUT2D eigenvalue weighted by Gasteiger charge is 2.10. The van der Waals surface area contributed by atoms with E-state index in [1.165, 1.54) is 6.08 Å². The smallest absolute Gasteiger partial charge is 0.248 e. The zero-order valence-corrected chi connectivity index (χ0v) is 17.4. The van der Waals surface area contributed by atoms with Gasteiger partial charge in [-0.25, -0.2) is 4.98 Å². The Bertz CT molecular complexity index is 1430. The van der Waals surface area contributed by atoms with E-state index in [0.29, 0.717) is 28.4 Å². The van der Waals surface area contributed by atoms with E-state index in [2.05, 4.69) is 10.3 Å². The highest BCUT2D eigenvalue weighted by atomic mass is 16.3. The zero-order valence-electron chi connectivity index (χ0n) is 17.4. The van der Waals surface area contributed by atoms with Gasteiger partial charge in [-0.05, 0) is 55.5 Å². The first-order valence-corrected chi connectivity index (χ1v) is 10.3. The molecule has 1 amide bonds. The average Bonchev–Trinajstić information content (AvgIpc) is 3.45. The second kappa shape index (κ2) is 8.40. The van der Waals surface area contributed by atoms with E-state index < -0.39 is 0 Å². The van der Waals surface area contributed by atoms with Gasteiger partial charge in [0.2, 0.25) is 11.8 Å². The van der Waals surface area contributed by atoms with Crippen LogP contribution in [0.15, 0.2) is 99.8 Å². The minimum Gasteiger partial charge on any atom is -0.457 e. The largest absolute Gasteiger partial charge is 0.457 e. The quantitative estimate of drug-likeness (QED) is 0.321. The molecule has 0 bridgehead atoms. The molecule has 32 heavy (non-hydrogen) atoms. The molecule has 0 fully saturated rings. The van der Waals surface area contributed by atoms with Gasteiger partial charge in [-0.3, -0.25) is 4.79 Å². The Morgan fingerprint density at radius 1 is 0.875 bits per heavy atom. The number of nitrogens with one attached hydrogen (secondary N) is 1. The number of anilines is 1. The molecule has 0 saturated heterocycles. The third-order valence-corrected chi connectivity index (χ3v) is 5.00. The van der Waals surface area contributed by atoms with Crippen LogP contribution in [0.1, 0.15) is 11.3 Å². The lowest BCUT2D eigenvalue weighted by Gasteiger charge is -2.00. The lowest BCUT2D eigenvalue weighted by molar-refractivity contribution is -0.111. The maximum absolute atomic E-state index is 12.4. The summed E-state index contributed by atoms with van der Waals surface area (Å²) in [5.74, 6) is 1.66. The van der Waals surface area contributed by atoms with E-state index in [1.807, 2.05) is 73.7 Å². The van der Waals surface area contributed by atoms with Crippen LogP contribution in [0.2, 0.25) is 0 Å². The van der Waals surface area contributed by atoms with Crippen LogP contribution in [0.4, 0.5) is 5.69 Å². The maximum Gasteiger partial charge on any atom is 0.248 e. The lowest BCUT2D eigenvalue weighted by atomic mass is 10.1. The second-order valence-electron chi connectivity index (χ2n) is 7.46. The molecule has 0 aliphatic heterocycles. The molecule has 0 radical (unpaired) electrons. The van der Waals surface area contributed by atoms with Crippen LogP contribution in [0.5, 0.6) is 0 Å². The molecule has 0 aliphatic rings. The number of carbonyl (C=O) groups excluding carboxylic acids is 1. The molecular formula is C27H20N2O3. The van der Waals surface area contributed by atoms with Crippen molar-refractivity contribution in [1.29, 1.82) is 0 Å². The summed E-state index contributed by atoms with van der Waals surface area (Å²) in [5, 5.41) is 2.85. The van der Waals surface area contributed by atoms with Gasteiger partial charge < -0.3 is 14.2 Å². The molecule has 0 aliphatic carbocycles. The zero-order chi connectivity index (χ0) is 21.9. The number of fused-ring (bicyclic) bond motifs is 1. The number of hydrogen-bond acceptors (Lipinski definition) is 4. The van der Waals surface area contributed by atoms with Crippen LogP contribution in [0.3, 0.4) is 0 Å². The summed E-state index contributed by atoms with van der Waals surface area (Å²) in [6.45, 7) is 2.03. The molecule has 1 N–H and O–H groups in total. The summed E-state index contributed by atoms with van der Waals surface area (Å²) < 4.78 is 11.7. The Balaban J connectivity index is 1.29. The number of carbonyl (C=O) groups is 1. The number of benzene rings is 3. The van der Waals surface area contributed by atoms with Crippen LogP contribution in [0, 0.1) is 6.92 Å². The summed E-state index contributed by atoms with van der Waals surface area (Å²) in [6, 6.07) is 26.9. The van der Waals surface area contributed by atoms with Crippen LogP contribution >= 0.6 is 0 Å². The fourth-order valence-corrected chi connectivity index (χ4v) is 3.45. The monoisotopic (exact) mass is 420 g/mol. The van der Waals surface area contributed by atoms with Gasteiger partial charge in [0.1, 0.15) is 17.0 Å². The molecule has 5 heteroatoms. The van der Waals surface area contributed by atoms with Crippen molar-refractivity contribution in [2.24, 2.45) is 0 Å². The molecule has 2 aromatic heterocycles. The highest BCUT2D eigenvalue weighted by Crippen LogP contribution is 2.27. The number of aryl methyl sites for hydroxylation is 1. The van der Waals surface area contributed by atoms with E-state index in [1.54, 1.807) is 24.3 Å². The summed E-state index contributed by atoms with van der Waals surface area (Å²) in [6.07, 6.45) is 3.09. The summed E-state index contributed by atoms with van der Waals surface area (Å²) in [7, 11) is 0. The number of aromatic nitrogens is 1. The van der Waals surface area contributed by atoms with Crippen LogP contribution in [0.25, 0.3) is 40.0 Å². The Labute approximate surface area is 185 Å². The SMILES string of the molecule is Cc1cccc(-c2nc3cc(NC(=O)/C=C/c4ccc(-c5ccccc5)o4)ccc3o2)c1. The molecular weight excluding hydrogens is 400 g/mol. The second-order valence-corrected chi connectivity index (χ2v) is 7.46. The van der Waals surface area contributed by atoms with Gasteiger partial charge in [0.05, 0.1) is 0 Å².